The van der Waals surface area contributed by atoms with E-state index in [1.807, 2.05) is 26.0 Å². The maximum absolute atomic E-state index is 11.3. The highest BCUT2D eigenvalue weighted by Gasteiger charge is 2.36. The Hall–Kier alpha value is -1.22. The van der Waals surface area contributed by atoms with Gasteiger partial charge in [-0.1, -0.05) is 19.9 Å². The van der Waals surface area contributed by atoms with Gasteiger partial charge in [-0.15, -0.1) is 0 Å². The van der Waals surface area contributed by atoms with Crippen LogP contribution in [0.2, 0.25) is 0 Å². The van der Waals surface area contributed by atoms with E-state index in [9.17, 15) is 4.79 Å². The van der Waals surface area contributed by atoms with Crippen LogP contribution in [0.4, 0.5) is 0 Å². The summed E-state index contributed by atoms with van der Waals surface area (Å²) in [5.41, 5.74) is 1.64. The largest absolute Gasteiger partial charge is 0.303 e. The molecule has 2 aliphatic heterocycles. The second-order valence-electron chi connectivity index (χ2n) is 6.14. The molecule has 0 aromatic carbocycles. The fraction of sp³-hybridized carbons (Fsp3) is 0.667. The Labute approximate surface area is 128 Å². The molecule has 0 amide bonds. The number of hydrogen-bond donors (Lipinski definition) is 0. The number of hydrogen-bond acceptors (Lipinski definition) is 3. The molecule has 3 heterocycles. The van der Waals surface area contributed by atoms with Gasteiger partial charge in [-0.25, -0.2) is 4.98 Å². The Kier molecular flexibility index (Phi) is 5.92. The fourth-order valence-electron chi connectivity index (χ4n) is 3.46. The van der Waals surface area contributed by atoms with Crippen molar-refractivity contribution in [2.75, 3.05) is 19.6 Å². The van der Waals surface area contributed by atoms with Gasteiger partial charge in [0.2, 0.25) is 0 Å². The molecule has 1 aliphatic carbocycles. The maximum atomic E-state index is 11.3. The molecule has 0 atom stereocenters. The fourth-order valence-corrected chi connectivity index (χ4v) is 3.46. The van der Waals surface area contributed by atoms with E-state index in [1.54, 1.807) is 13.0 Å². The highest BCUT2D eigenvalue weighted by atomic mass is 16.1. The summed E-state index contributed by atoms with van der Waals surface area (Å²) in [5.74, 6) is 2.02. The molecule has 4 rings (SSSR count). The summed E-state index contributed by atoms with van der Waals surface area (Å²) in [4.78, 5) is 18.3. The molecule has 3 heteroatoms. The quantitative estimate of drug-likeness (QED) is 0.776. The zero-order chi connectivity index (χ0) is 15.2. The Balaban J connectivity index is 0.000000774. The van der Waals surface area contributed by atoms with E-state index < -0.39 is 0 Å². The number of carbonyl (C=O) groups is 1. The van der Waals surface area contributed by atoms with Crippen LogP contribution >= 0.6 is 0 Å². The number of piperidine rings is 2. The summed E-state index contributed by atoms with van der Waals surface area (Å²) in [7, 11) is 0. The lowest BCUT2D eigenvalue weighted by Gasteiger charge is -2.47. The normalized spacial score (nSPS) is 23.8. The lowest BCUT2D eigenvalue weighted by atomic mass is 9.71. The first-order valence-electron chi connectivity index (χ1n) is 8.40. The summed E-state index contributed by atoms with van der Waals surface area (Å²) >= 11 is 0. The number of aromatic nitrogens is 1. The van der Waals surface area contributed by atoms with Crippen LogP contribution in [0, 0.1) is 11.8 Å². The second kappa shape index (κ2) is 7.69. The van der Waals surface area contributed by atoms with Crippen molar-refractivity contribution in [2.45, 2.75) is 46.5 Å². The first kappa shape index (κ1) is 16.2. The van der Waals surface area contributed by atoms with E-state index in [2.05, 4.69) is 9.88 Å². The van der Waals surface area contributed by atoms with E-state index >= 15 is 0 Å². The first-order chi connectivity index (χ1) is 10.2. The minimum Gasteiger partial charge on any atom is -0.303 e. The molecule has 116 valence electrons. The first-order valence-corrected chi connectivity index (χ1v) is 8.40. The third-order valence-electron chi connectivity index (χ3n) is 4.44. The summed E-state index contributed by atoms with van der Waals surface area (Å²) < 4.78 is 0. The van der Waals surface area contributed by atoms with E-state index in [4.69, 9.17) is 0 Å². The van der Waals surface area contributed by atoms with E-state index in [1.165, 1.54) is 32.5 Å². The van der Waals surface area contributed by atoms with Crippen LogP contribution in [0.1, 0.15) is 56.2 Å². The Bertz CT molecular complexity index is 456. The minimum absolute atomic E-state index is 0.0537. The predicted octanol–water partition coefficient (Wildman–Crippen LogP) is 3.58. The van der Waals surface area contributed by atoms with Gasteiger partial charge in [-0.2, -0.15) is 0 Å². The van der Waals surface area contributed by atoms with Crippen LogP contribution in [0.5, 0.6) is 0 Å². The Morgan fingerprint density at radius 3 is 2.52 bits per heavy atom. The van der Waals surface area contributed by atoms with Gasteiger partial charge in [-0.3, -0.25) is 4.79 Å². The van der Waals surface area contributed by atoms with Crippen molar-refractivity contribution in [3.63, 3.8) is 0 Å². The van der Waals surface area contributed by atoms with Gasteiger partial charge in [-0.05, 0) is 56.2 Å². The van der Waals surface area contributed by atoms with Crippen LogP contribution in [-0.4, -0.2) is 35.3 Å². The average Bonchev–Trinajstić information content (AvgIpc) is 2.49. The van der Waals surface area contributed by atoms with Crippen molar-refractivity contribution in [2.24, 2.45) is 11.8 Å². The lowest BCUT2D eigenvalue weighted by Crippen LogP contribution is -2.48. The number of Topliss-reactive ketones (excluding diaryl/α,β-unsaturated/α-hetero) is 1. The number of nitrogens with zero attached hydrogens (tertiary/aromatic N) is 2. The monoisotopic (exact) mass is 288 g/mol. The van der Waals surface area contributed by atoms with Crippen molar-refractivity contribution in [3.05, 3.63) is 29.6 Å². The molecular weight excluding hydrogens is 260 g/mol. The number of pyridine rings is 1. The van der Waals surface area contributed by atoms with E-state index in [-0.39, 0.29) is 5.78 Å². The maximum Gasteiger partial charge on any atom is 0.178 e. The minimum atomic E-state index is 0.0537. The third kappa shape index (κ3) is 4.37. The predicted molar refractivity (Wildman–Crippen MR) is 86.6 cm³/mol. The van der Waals surface area contributed by atoms with E-state index in [0.29, 0.717) is 5.69 Å². The molecule has 2 saturated heterocycles. The summed E-state index contributed by atoms with van der Waals surface area (Å²) in [5, 5.41) is 0. The molecule has 3 nitrogen and oxygen atoms in total. The number of ketones is 1. The molecule has 2 bridgehead atoms. The molecule has 0 spiro atoms. The molecular formula is C18H28N2O. The standard InChI is InChI=1S/C16H22N2O.C2H6/c1-12(19)16-6-2-4-15(17-16)5-3-7-18-10-13-8-14(9-13)11-18;1-2/h2,4,6,13-14H,3,5,7-11H2,1H3;1-2H3. The average molecular weight is 288 g/mol. The van der Waals surface area contributed by atoms with Crippen molar-refractivity contribution in [3.8, 4) is 0 Å². The highest BCUT2D eigenvalue weighted by molar-refractivity contribution is 5.92. The molecule has 21 heavy (non-hydrogen) atoms. The third-order valence-corrected chi connectivity index (χ3v) is 4.44. The number of rotatable bonds is 5. The van der Waals surface area contributed by atoms with Crippen molar-refractivity contribution >= 4 is 5.78 Å². The summed E-state index contributed by atoms with van der Waals surface area (Å²) in [6, 6.07) is 5.76. The van der Waals surface area contributed by atoms with Crippen LogP contribution in [0.25, 0.3) is 0 Å². The summed E-state index contributed by atoms with van der Waals surface area (Å²) in [6.07, 6.45) is 5.07. The molecule has 1 aromatic rings. The number of carbonyl (C=O) groups excluding carboxylic acids is 1. The number of fused-ring (bicyclic) bond motifs is 2. The van der Waals surface area contributed by atoms with Gasteiger partial charge >= 0.3 is 0 Å². The van der Waals surface area contributed by atoms with Gasteiger partial charge in [0.15, 0.2) is 5.78 Å². The molecule has 0 N–H and O–H groups in total. The smallest absolute Gasteiger partial charge is 0.178 e. The molecule has 1 aromatic heterocycles. The van der Waals surface area contributed by atoms with Crippen molar-refractivity contribution in [1.29, 1.82) is 0 Å². The van der Waals surface area contributed by atoms with Gasteiger partial charge in [0.25, 0.3) is 0 Å². The molecule has 0 radical (unpaired) electrons. The molecule has 0 unspecified atom stereocenters. The highest BCUT2D eigenvalue weighted by Crippen LogP contribution is 2.39. The molecule has 1 saturated carbocycles. The van der Waals surface area contributed by atoms with Crippen LogP contribution in [0.15, 0.2) is 18.2 Å². The van der Waals surface area contributed by atoms with E-state index in [0.717, 1.165) is 30.4 Å². The topological polar surface area (TPSA) is 33.2 Å². The van der Waals surface area contributed by atoms with Crippen LogP contribution < -0.4 is 0 Å². The molecule has 3 fully saturated rings. The number of aryl methyl sites for hydroxylation is 1. The Morgan fingerprint density at radius 2 is 1.90 bits per heavy atom. The van der Waals surface area contributed by atoms with Gasteiger partial charge < -0.3 is 4.90 Å². The van der Waals surface area contributed by atoms with Crippen molar-refractivity contribution in [1.82, 2.24) is 9.88 Å². The molecule has 3 aliphatic rings. The van der Waals surface area contributed by atoms with Gasteiger partial charge in [0.05, 0.1) is 0 Å². The SMILES string of the molecule is CC.CC(=O)c1cccc(CCCN2CC3CC(C3)C2)n1. The second-order valence-corrected chi connectivity index (χ2v) is 6.14. The van der Waals surface area contributed by atoms with Gasteiger partial charge in [0, 0.05) is 25.7 Å². The summed E-state index contributed by atoms with van der Waals surface area (Å²) in [6.45, 7) is 9.36. The lowest BCUT2D eigenvalue weighted by molar-refractivity contribution is 0.0271. The van der Waals surface area contributed by atoms with Crippen LogP contribution in [-0.2, 0) is 6.42 Å². The zero-order valence-electron chi connectivity index (χ0n) is 13.6. The van der Waals surface area contributed by atoms with Gasteiger partial charge in [0.1, 0.15) is 5.69 Å². The van der Waals surface area contributed by atoms with Crippen LogP contribution in [0.3, 0.4) is 0 Å². The zero-order valence-corrected chi connectivity index (χ0v) is 13.6. The van der Waals surface area contributed by atoms with Crippen molar-refractivity contribution < 1.29 is 4.79 Å². The Morgan fingerprint density at radius 1 is 1.24 bits per heavy atom.